The highest BCUT2D eigenvalue weighted by Gasteiger charge is 2.26. The van der Waals surface area contributed by atoms with Crippen LogP contribution in [0.4, 0.5) is 8.78 Å². The van der Waals surface area contributed by atoms with Gasteiger partial charge < -0.3 is 4.74 Å². The van der Waals surface area contributed by atoms with Gasteiger partial charge >= 0.3 is 0 Å². The molecular weight excluding hydrogens is 306 g/mol. The van der Waals surface area contributed by atoms with Crippen LogP contribution in [0.3, 0.4) is 0 Å². The molecule has 0 heterocycles. The summed E-state index contributed by atoms with van der Waals surface area (Å²) < 4.78 is 33.8. The lowest BCUT2D eigenvalue weighted by molar-refractivity contribution is 0.311. The van der Waals surface area contributed by atoms with E-state index in [1.807, 2.05) is 0 Å². The Morgan fingerprint density at radius 3 is 2.50 bits per heavy atom. The van der Waals surface area contributed by atoms with Crippen LogP contribution in [0.2, 0.25) is 0 Å². The summed E-state index contributed by atoms with van der Waals surface area (Å²) in [5, 5.41) is 0. The molecule has 1 aliphatic rings. The minimum atomic E-state index is -0.852. The molecule has 3 heteroatoms. The molecule has 0 amide bonds. The first-order valence-corrected chi connectivity index (χ1v) is 8.85. The molecule has 0 saturated carbocycles. The molecule has 0 fully saturated rings. The van der Waals surface area contributed by atoms with Gasteiger partial charge in [-0.15, -0.1) is 0 Å². The number of rotatable bonds is 5. The smallest absolute Gasteiger partial charge is 0.200 e. The van der Waals surface area contributed by atoms with Crippen molar-refractivity contribution in [2.24, 2.45) is 0 Å². The Labute approximate surface area is 142 Å². The van der Waals surface area contributed by atoms with E-state index in [-0.39, 0.29) is 11.7 Å². The third-order valence-corrected chi connectivity index (χ3v) is 4.87. The molecule has 2 aromatic carbocycles. The average molecular weight is 330 g/mol. The molecule has 1 nitrogen and oxygen atoms in total. The second kappa shape index (κ2) is 7.33. The van der Waals surface area contributed by atoms with E-state index in [9.17, 15) is 8.78 Å². The molecule has 0 bridgehead atoms. The molecule has 128 valence electrons. The zero-order chi connectivity index (χ0) is 17.1. The van der Waals surface area contributed by atoms with Crippen LogP contribution in [0.15, 0.2) is 30.3 Å². The molecule has 0 aliphatic heterocycles. The number of halogens is 2. The minimum absolute atomic E-state index is 0.0381. The lowest BCUT2D eigenvalue weighted by Crippen LogP contribution is -2.16. The summed E-state index contributed by atoms with van der Waals surface area (Å²) in [4.78, 5) is 0. The second-order valence-corrected chi connectivity index (χ2v) is 6.50. The molecule has 1 unspecified atom stereocenters. The summed E-state index contributed by atoms with van der Waals surface area (Å²) in [6.45, 7) is 4.27. The molecule has 0 spiro atoms. The lowest BCUT2D eigenvalue weighted by Gasteiger charge is -2.26. The molecule has 0 aromatic heterocycles. The summed E-state index contributed by atoms with van der Waals surface area (Å²) in [6, 6.07) is 10.3. The van der Waals surface area contributed by atoms with Gasteiger partial charge in [-0.25, -0.2) is 4.39 Å². The minimum Gasteiger partial charge on any atom is -0.491 e. The predicted octanol–water partition coefficient (Wildman–Crippen LogP) is 5.59. The first-order chi connectivity index (χ1) is 11.6. The third kappa shape index (κ3) is 3.31. The van der Waals surface area contributed by atoms with Crippen molar-refractivity contribution in [2.45, 2.75) is 51.9 Å². The summed E-state index contributed by atoms with van der Waals surface area (Å²) in [5.74, 6) is -1.30. The first-order valence-electron chi connectivity index (χ1n) is 8.85. The van der Waals surface area contributed by atoms with E-state index in [4.69, 9.17) is 4.74 Å². The van der Waals surface area contributed by atoms with Crippen molar-refractivity contribution in [1.29, 1.82) is 0 Å². The van der Waals surface area contributed by atoms with E-state index in [0.29, 0.717) is 18.6 Å². The SMILES string of the molecule is CCCc1ccc(C2CCc3cc(OCC)c(F)c(F)c3C2)cc1. The Bertz CT molecular complexity index is 707. The maximum absolute atomic E-state index is 14.5. The van der Waals surface area contributed by atoms with Gasteiger partial charge in [0.05, 0.1) is 6.61 Å². The first kappa shape index (κ1) is 16.9. The van der Waals surface area contributed by atoms with Gasteiger partial charge in [-0.05, 0) is 66.8 Å². The Kier molecular flexibility index (Phi) is 5.17. The highest BCUT2D eigenvalue weighted by atomic mass is 19.2. The van der Waals surface area contributed by atoms with Gasteiger partial charge in [0.1, 0.15) is 0 Å². The highest BCUT2D eigenvalue weighted by Crippen LogP contribution is 2.37. The van der Waals surface area contributed by atoms with Gasteiger partial charge in [0, 0.05) is 0 Å². The van der Waals surface area contributed by atoms with Crippen molar-refractivity contribution in [2.75, 3.05) is 6.61 Å². The third-order valence-electron chi connectivity index (χ3n) is 4.87. The van der Waals surface area contributed by atoms with Crippen molar-refractivity contribution in [3.63, 3.8) is 0 Å². The molecule has 0 N–H and O–H groups in total. The maximum Gasteiger partial charge on any atom is 0.200 e. The van der Waals surface area contributed by atoms with Crippen LogP contribution in [-0.4, -0.2) is 6.61 Å². The largest absolute Gasteiger partial charge is 0.491 e. The zero-order valence-electron chi connectivity index (χ0n) is 14.4. The summed E-state index contributed by atoms with van der Waals surface area (Å²) >= 11 is 0. The number of aryl methyl sites for hydroxylation is 2. The van der Waals surface area contributed by atoms with Crippen molar-refractivity contribution in [3.05, 3.63) is 64.2 Å². The van der Waals surface area contributed by atoms with E-state index < -0.39 is 11.6 Å². The normalized spacial score (nSPS) is 16.8. The van der Waals surface area contributed by atoms with Gasteiger partial charge in [0.25, 0.3) is 0 Å². The molecule has 1 aliphatic carbocycles. The van der Waals surface area contributed by atoms with Crippen LogP contribution in [-0.2, 0) is 19.3 Å². The summed E-state index contributed by atoms with van der Waals surface area (Å²) in [6.07, 6.45) is 4.47. The standard InChI is InChI=1S/C21H24F2O/c1-3-5-14-6-8-15(9-7-14)16-10-11-17-13-19(24-4-2)21(23)20(22)18(17)12-16/h6-9,13,16H,3-5,10-12H2,1-2H3. The van der Waals surface area contributed by atoms with Crippen LogP contribution < -0.4 is 4.74 Å². The van der Waals surface area contributed by atoms with E-state index in [0.717, 1.165) is 31.2 Å². The van der Waals surface area contributed by atoms with E-state index in [2.05, 4.69) is 31.2 Å². The van der Waals surface area contributed by atoms with Gasteiger partial charge in [-0.2, -0.15) is 4.39 Å². The monoisotopic (exact) mass is 330 g/mol. The highest BCUT2D eigenvalue weighted by molar-refractivity contribution is 5.42. The Balaban J connectivity index is 1.85. The zero-order valence-corrected chi connectivity index (χ0v) is 14.4. The van der Waals surface area contributed by atoms with Crippen molar-refractivity contribution in [1.82, 2.24) is 0 Å². The second-order valence-electron chi connectivity index (χ2n) is 6.50. The molecule has 1 atom stereocenters. The fraction of sp³-hybridized carbons (Fsp3) is 0.429. The quantitative estimate of drug-likeness (QED) is 0.694. The lowest BCUT2D eigenvalue weighted by atomic mass is 9.79. The van der Waals surface area contributed by atoms with Gasteiger partial charge in [-0.3, -0.25) is 0 Å². The van der Waals surface area contributed by atoms with Crippen molar-refractivity contribution in [3.8, 4) is 5.75 Å². The number of hydrogen-bond acceptors (Lipinski definition) is 1. The topological polar surface area (TPSA) is 9.23 Å². The predicted molar refractivity (Wildman–Crippen MR) is 92.7 cm³/mol. The maximum atomic E-state index is 14.5. The Hall–Kier alpha value is -1.90. The number of ether oxygens (including phenoxy) is 1. The van der Waals surface area contributed by atoms with E-state index in [1.165, 1.54) is 11.1 Å². The Morgan fingerprint density at radius 1 is 1.08 bits per heavy atom. The molecule has 0 saturated heterocycles. The Morgan fingerprint density at radius 2 is 1.83 bits per heavy atom. The van der Waals surface area contributed by atoms with Gasteiger partial charge in [0.2, 0.25) is 5.82 Å². The average Bonchev–Trinajstić information content (AvgIpc) is 2.60. The molecule has 0 radical (unpaired) electrons. The number of hydrogen-bond donors (Lipinski definition) is 0. The fourth-order valence-corrected chi connectivity index (χ4v) is 3.60. The van der Waals surface area contributed by atoms with E-state index in [1.54, 1.807) is 13.0 Å². The molecule has 3 rings (SSSR count). The molecule has 24 heavy (non-hydrogen) atoms. The van der Waals surface area contributed by atoms with Gasteiger partial charge in [-0.1, -0.05) is 37.6 Å². The van der Waals surface area contributed by atoms with Crippen LogP contribution in [0, 0.1) is 11.6 Å². The number of fused-ring (bicyclic) bond motifs is 1. The van der Waals surface area contributed by atoms with Crippen molar-refractivity contribution >= 4 is 0 Å². The fourth-order valence-electron chi connectivity index (χ4n) is 3.60. The van der Waals surface area contributed by atoms with Crippen LogP contribution in [0.1, 0.15) is 54.9 Å². The van der Waals surface area contributed by atoms with Gasteiger partial charge in [0.15, 0.2) is 11.6 Å². The summed E-state index contributed by atoms with van der Waals surface area (Å²) in [7, 11) is 0. The van der Waals surface area contributed by atoms with Crippen LogP contribution in [0.25, 0.3) is 0 Å². The summed E-state index contributed by atoms with van der Waals surface area (Å²) in [5.41, 5.74) is 3.95. The molecular formula is C21H24F2O. The molecule has 2 aromatic rings. The van der Waals surface area contributed by atoms with Crippen molar-refractivity contribution < 1.29 is 13.5 Å². The number of benzene rings is 2. The van der Waals surface area contributed by atoms with Crippen LogP contribution in [0.5, 0.6) is 5.75 Å². The van der Waals surface area contributed by atoms with Crippen LogP contribution >= 0.6 is 0 Å². The van der Waals surface area contributed by atoms with E-state index >= 15 is 0 Å².